The Balaban J connectivity index is 1.64. The summed E-state index contributed by atoms with van der Waals surface area (Å²) >= 11 is 0. The minimum Gasteiger partial charge on any atom is -0.338 e. The van der Waals surface area contributed by atoms with Crippen LogP contribution in [0.5, 0.6) is 0 Å². The molecule has 0 radical (unpaired) electrons. The molecule has 3 nitrogen and oxygen atoms in total. The summed E-state index contributed by atoms with van der Waals surface area (Å²) in [5.74, 6) is -0.299. The number of carbonyl (C=O) groups excluding carboxylic acids is 1. The number of carbonyl (C=O) groups is 1. The predicted octanol–water partition coefficient (Wildman–Crippen LogP) is 3.73. The molecule has 0 aliphatic carbocycles. The predicted molar refractivity (Wildman–Crippen MR) is 86.7 cm³/mol. The summed E-state index contributed by atoms with van der Waals surface area (Å²) in [6, 6.07) is 16.0. The molecule has 0 bridgehead atoms. The van der Waals surface area contributed by atoms with E-state index in [0.717, 1.165) is 12.8 Å². The first-order chi connectivity index (χ1) is 10.7. The van der Waals surface area contributed by atoms with Crippen LogP contribution in [0.2, 0.25) is 0 Å². The summed E-state index contributed by atoms with van der Waals surface area (Å²) in [5, 5.41) is 5.37. The van der Waals surface area contributed by atoms with E-state index in [0.29, 0.717) is 12.1 Å². The first-order valence-electron chi connectivity index (χ1n) is 7.24. The van der Waals surface area contributed by atoms with E-state index in [1.165, 1.54) is 23.9 Å². The normalized spacial score (nSPS) is 10.6. The fraction of sp³-hybridized carbons (Fsp3) is 0.167. The van der Waals surface area contributed by atoms with E-state index in [9.17, 15) is 9.18 Å². The fourth-order valence-electron chi connectivity index (χ4n) is 2.01. The van der Waals surface area contributed by atoms with Gasteiger partial charge in [0.15, 0.2) is 0 Å². The Morgan fingerprint density at radius 3 is 2.68 bits per heavy atom. The van der Waals surface area contributed by atoms with Gasteiger partial charge in [0.2, 0.25) is 0 Å². The number of rotatable bonds is 6. The molecule has 2 amide bonds. The zero-order valence-corrected chi connectivity index (χ0v) is 12.3. The molecule has 0 fully saturated rings. The van der Waals surface area contributed by atoms with Crippen LogP contribution in [0, 0.1) is 5.82 Å². The Morgan fingerprint density at radius 1 is 1.09 bits per heavy atom. The molecule has 0 aromatic heterocycles. The van der Waals surface area contributed by atoms with E-state index in [1.54, 1.807) is 18.2 Å². The summed E-state index contributed by atoms with van der Waals surface area (Å²) < 4.78 is 13.0. The van der Waals surface area contributed by atoms with Crippen molar-refractivity contribution in [1.82, 2.24) is 10.6 Å². The van der Waals surface area contributed by atoms with Crippen LogP contribution < -0.4 is 10.6 Å². The number of halogens is 1. The molecular weight excluding hydrogens is 279 g/mol. The van der Waals surface area contributed by atoms with Gasteiger partial charge in [-0.3, -0.25) is 0 Å². The van der Waals surface area contributed by atoms with E-state index < -0.39 is 0 Å². The number of hydrogen-bond donors (Lipinski definition) is 2. The maximum absolute atomic E-state index is 13.0. The van der Waals surface area contributed by atoms with Gasteiger partial charge in [-0.05, 0) is 42.2 Å². The van der Waals surface area contributed by atoms with Gasteiger partial charge in [0.05, 0.1) is 0 Å². The molecule has 0 aliphatic rings. The summed E-state index contributed by atoms with van der Waals surface area (Å²) in [6.07, 6.45) is 4.96. The molecule has 4 heteroatoms. The van der Waals surface area contributed by atoms with Crippen LogP contribution in [0.25, 0.3) is 6.08 Å². The lowest BCUT2D eigenvalue weighted by Crippen LogP contribution is -2.32. The topological polar surface area (TPSA) is 41.1 Å². The largest absolute Gasteiger partial charge is 0.338 e. The van der Waals surface area contributed by atoms with Crippen LogP contribution in [0.1, 0.15) is 17.5 Å². The van der Waals surface area contributed by atoms with Gasteiger partial charge in [0, 0.05) is 12.7 Å². The van der Waals surface area contributed by atoms with Crippen molar-refractivity contribution in [3.63, 3.8) is 0 Å². The van der Waals surface area contributed by atoms with Crippen molar-refractivity contribution < 1.29 is 9.18 Å². The third-order valence-corrected chi connectivity index (χ3v) is 3.11. The first-order valence-corrected chi connectivity index (χ1v) is 7.24. The minimum atomic E-state index is -0.299. The highest BCUT2D eigenvalue weighted by Crippen LogP contribution is 2.04. The molecule has 2 N–H and O–H groups in total. The number of nitrogens with one attached hydrogen (secondary N) is 2. The highest BCUT2D eigenvalue weighted by Gasteiger charge is 1.97. The molecule has 0 saturated carbocycles. The zero-order chi connectivity index (χ0) is 15.6. The second-order valence-electron chi connectivity index (χ2n) is 4.88. The third kappa shape index (κ3) is 5.79. The number of urea groups is 1. The van der Waals surface area contributed by atoms with Crippen molar-refractivity contribution in [2.45, 2.75) is 12.8 Å². The van der Waals surface area contributed by atoms with E-state index >= 15 is 0 Å². The van der Waals surface area contributed by atoms with Crippen LogP contribution in [-0.4, -0.2) is 12.6 Å². The molecule has 2 aromatic rings. The molecule has 0 aliphatic heterocycles. The monoisotopic (exact) mass is 298 g/mol. The van der Waals surface area contributed by atoms with Crippen molar-refractivity contribution >= 4 is 12.1 Å². The molecule has 22 heavy (non-hydrogen) atoms. The second kappa shape index (κ2) is 8.62. The highest BCUT2D eigenvalue weighted by atomic mass is 19.1. The molecule has 0 saturated heterocycles. The second-order valence-corrected chi connectivity index (χ2v) is 4.88. The molecular formula is C18H19FN2O. The lowest BCUT2D eigenvalue weighted by molar-refractivity contribution is 0.244. The van der Waals surface area contributed by atoms with Gasteiger partial charge in [-0.25, -0.2) is 9.18 Å². The molecule has 114 valence electrons. The van der Waals surface area contributed by atoms with Gasteiger partial charge in [0.1, 0.15) is 5.82 Å². The molecule has 2 rings (SSSR count). The van der Waals surface area contributed by atoms with Crippen LogP contribution in [0.4, 0.5) is 9.18 Å². The molecule has 0 heterocycles. The molecule has 2 aromatic carbocycles. The van der Waals surface area contributed by atoms with Gasteiger partial charge >= 0.3 is 6.03 Å². The van der Waals surface area contributed by atoms with Crippen LogP contribution in [0.15, 0.2) is 60.8 Å². The van der Waals surface area contributed by atoms with Gasteiger partial charge in [0.25, 0.3) is 0 Å². The maximum atomic E-state index is 13.0. The van der Waals surface area contributed by atoms with Crippen molar-refractivity contribution in [2.75, 3.05) is 6.54 Å². The molecule has 0 atom stereocenters. The lowest BCUT2D eigenvalue weighted by Gasteiger charge is -2.04. The Hall–Kier alpha value is -2.62. The molecule has 0 spiro atoms. The third-order valence-electron chi connectivity index (χ3n) is 3.11. The summed E-state index contributed by atoms with van der Waals surface area (Å²) in [7, 11) is 0. The highest BCUT2D eigenvalue weighted by molar-refractivity contribution is 5.75. The summed E-state index contributed by atoms with van der Waals surface area (Å²) in [4.78, 5) is 11.6. The van der Waals surface area contributed by atoms with Crippen LogP contribution in [-0.2, 0) is 6.42 Å². The standard InChI is InChI=1S/C18H19FN2O/c19-17-10-4-8-16(14-17)11-13-21-18(22)20-12-5-9-15-6-2-1-3-7-15/h1-4,6-8,10-11,13-14H,5,9,12H2,(H2,20,21,22)/b13-11+. The van der Waals surface area contributed by atoms with Crippen molar-refractivity contribution in [3.05, 3.63) is 77.7 Å². The smallest absolute Gasteiger partial charge is 0.318 e. The fourth-order valence-corrected chi connectivity index (χ4v) is 2.01. The number of benzene rings is 2. The average Bonchev–Trinajstić information content (AvgIpc) is 2.53. The Bertz CT molecular complexity index is 626. The quantitative estimate of drug-likeness (QED) is 0.784. The minimum absolute atomic E-state index is 0.263. The van der Waals surface area contributed by atoms with E-state index in [4.69, 9.17) is 0 Å². The van der Waals surface area contributed by atoms with Gasteiger partial charge in [-0.2, -0.15) is 0 Å². The van der Waals surface area contributed by atoms with E-state index in [2.05, 4.69) is 22.8 Å². The number of aryl methyl sites for hydroxylation is 1. The van der Waals surface area contributed by atoms with E-state index in [1.807, 2.05) is 18.2 Å². The molecule has 0 unspecified atom stereocenters. The van der Waals surface area contributed by atoms with E-state index in [-0.39, 0.29) is 11.8 Å². The Kier molecular flexibility index (Phi) is 6.18. The van der Waals surface area contributed by atoms with Crippen LogP contribution in [0.3, 0.4) is 0 Å². The van der Waals surface area contributed by atoms with Crippen molar-refractivity contribution in [1.29, 1.82) is 0 Å². The van der Waals surface area contributed by atoms with Crippen molar-refractivity contribution in [2.24, 2.45) is 0 Å². The van der Waals surface area contributed by atoms with Gasteiger partial charge < -0.3 is 10.6 Å². The maximum Gasteiger partial charge on any atom is 0.318 e. The average molecular weight is 298 g/mol. The Labute approximate surface area is 129 Å². The summed E-state index contributed by atoms with van der Waals surface area (Å²) in [6.45, 7) is 0.606. The number of amides is 2. The van der Waals surface area contributed by atoms with Gasteiger partial charge in [-0.15, -0.1) is 0 Å². The SMILES string of the molecule is O=C(N/C=C/c1cccc(F)c1)NCCCc1ccccc1. The summed E-state index contributed by atoms with van der Waals surface area (Å²) in [5.41, 5.74) is 1.96. The lowest BCUT2D eigenvalue weighted by atomic mass is 10.1. The van der Waals surface area contributed by atoms with Gasteiger partial charge in [-0.1, -0.05) is 42.5 Å². The number of hydrogen-bond acceptors (Lipinski definition) is 1. The zero-order valence-electron chi connectivity index (χ0n) is 12.3. The van der Waals surface area contributed by atoms with Crippen LogP contribution >= 0.6 is 0 Å². The Morgan fingerprint density at radius 2 is 1.91 bits per heavy atom. The first kappa shape index (κ1) is 15.8. The van der Waals surface area contributed by atoms with Crippen molar-refractivity contribution in [3.8, 4) is 0 Å².